The van der Waals surface area contributed by atoms with E-state index in [1.807, 2.05) is 27.0 Å². The lowest BCUT2D eigenvalue weighted by Gasteiger charge is -2.31. The second-order valence-corrected chi connectivity index (χ2v) is 11.0. The molecule has 3 atom stereocenters. The Bertz CT molecular complexity index is 958. The van der Waals surface area contributed by atoms with E-state index in [1.54, 1.807) is 0 Å². The maximum absolute atomic E-state index is 4.33. The molecule has 0 saturated heterocycles. The third-order valence-corrected chi connectivity index (χ3v) is 7.76. The molecule has 2 heteroatoms. The van der Waals surface area contributed by atoms with E-state index in [-0.39, 0.29) is 0 Å². The van der Waals surface area contributed by atoms with Gasteiger partial charge in [-0.1, -0.05) is 117 Å². The monoisotopic (exact) mass is 546 g/mol. The average Bonchev–Trinajstić information content (AvgIpc) is 2.97. The highest BCUT2D eigenvalue weighted by Crippen LogP contribution is 2.33. The van der Waals surface area contributed by atoms with Gasteiger partial charge in [-0.15, -0.1) is 6.58 Å². The molecule has 0 aliphatic heterocycles. The SMILES string of the molecule is C=C(/C=C(/C=C(\C)c1ccc(NC)cc1)C(\C)=C/C)NC(=C)C1CCCCC1C.C=CC(C)CCCCC.CC. The highest BCUT2D eigenvalue weighted by atomic mass is 14.9. The first-order valence-electron chi connectivity index (χ1n) is 15.7. The number of unbranched alkanes of at least 4 members (excludes halogenated alkanes) is 2. The summed E-state index contributed by atoms with van der Waals surface area (Å²) in [6, 6.07) is 8.52. The molecular formula is C38H62N2. The summed E-state index contributed by atoms with van der Waals surface area (Å²) in [5.74, 6) is 1.96. The van der Waals surface area contributed by atoms with Crippen molar-refractivity contribution < 1.29 is 0 Å². The summed E-state index contributed by atoms with van der Waals surface area (Å²) in [6.45, 7) is 29.5. The second kappa shape index (κ2) is 22.0. The van der Waals surface area contributed by atoms with Crippen molar-refractivity contribution in [3.05, 3.63) is 96.4 Å². The summed E-state index contributed by atoms with van der Waals surface area (Å²) in [4.78, 5) is 0. The molecule has 2 N–H and O–H groups in total. The van der Waals surface area contributed by atoms with E-state index in [4.69, 9.17) is 0 Å². The van der Waals surface area contributed by atoms with E-state index in [1.165, 1.54) is 73.6 Å². The lowest BCUT2D eigenvalue weighted by atomic mass is 9.79. The Morgan fingerprint density at radius 1 is 1.02 bits per heavy atom. The van der Waals surface area contributed by atoms with Gasteiger partial charge in [-0.3, -0.25) is 0 Å². The number of rotatable bonds is 13. The summed E-state index contributed by atoms with van der Waals surface area (Å²) >= 11 is 0. The fraction of sp³-hybridized carbons (Fsp3) is 0.526. The minimum atomic E-state index is 0.545. The van der Waals surface area contributed by atoms with Gasteiger partial charge in [0.1, 0.15) is 0 Å². The van der Waals surface area contributed by atoms with Gasteiger partial charge in [0.25, 0.3) is 0 Å². The first-order valence-corrected chi connectivity index (χ1v) is 15.7. The lowest BCUT2D eigenvalue weighted by Crippen LogP contribution is -2.25. The quantitative estimate of drug-likeness (QED) is 0.146. The van der Waals surface area contributed by atoms with Crippen molar-refractivity contribution in [3.63, 3.8) is 0 Å². The zero-order valence-electron chi connectivity index (χ0n) is 27.6. The van der Waals surface area contributed by atoms with Gasteiger partial charge in [-0.25, -0.2) is 0 Å². The predicted octanol–water partition coefficient (Wildman–Crippen LogP) is 11.9. The van der Waals surface area contributed by atoms with Crippen LogP contribution in [0.3, 0.4) is 0 Å². The highest BCUT2D eigenvalue weighted by Gasteiger charge is 2.23. The fourth-order valence-electron chi connectivity index (χ4n) is 4.84. The van der Waals surface area contributed by atoms with Crippen LogP contribution in [-0.2, 0) is 0 Å². The molecule has 40 heavy (non-hydrogen) atoms. The maximum Gasteiger partial charge on any atom is 0.0337 e. The van der Waals surface area contributed by atoms with Crippen molar-refractivity contribution in [2.75, 3.05) is 12.4 Å². The topological polar surface area (TPSA) is 24.1 Å². The zero-order chi connectivity index (χ0) is 30.5. The summed E-state index contributed by atoms with van der Waals surface area (Å²) in [5.41, 5.74) is 7.98. The van der Waals surface area contributed by atoms with Crippen LogP contribution in [0.25, 0.3) is 5.57 Å². The Morgan fingerprint density at radius 3 is 2.17 bits per heavy atom. The molecule has 0 amide bonds. The van der Waals surface area contributed by atoms with Gasteiger partial charge in [0, 0.05) is 30.0 Å². The molecule has 1 aromatic rings. The van der Waals surface area contributed by atoms with E-state index in [2.05, 4.69) is 114 Å². The van der Waals surface area contributed by atoms with E-state index in [9.17, 15) is 0 Å². The van der Waals surface area contributed by atoms with Crippen molar-refractivity contribution >= 4 is 11.3 Å². The van der Waals surface area contributed by atoms with Gasteiger partial charge in [-0.2, -0.15) is 0 Å². The van der Waals surface area contributed by atoms with Gasteiger partial charge in [0.15, 0.2) is 0 Å². The van der Waals surface area contributed by atoms with Gasteiger partial charge < -0.3 is 10.6 Å². The van der Waals surface area contributed by atoms with Crippen LogP contribution in [0.4, 0.5) is 5.69 Å². The normalized spacial score (nSPS) is 18.3. The number of hydrogen-bond donors (Lipinski definition) is 2. The average molecular weight is 547 g/mol. The van der Waals surface area contributed by atoms with E-state index in [0.29, 0.717) is 11.8 Å². The Hall–Kier alpha value is -2.74. The van der Waals surface area contributed by atoms with Crippen LogP contribution in [0.2, 0.25) is 0 Å². The molecule has 2 rings (SSSR count). The van der Waals surface area contributed by atoms with Crippen molar-refractivity contribution in [2.24, 2.45) is 17.8 Å². The molecule has 3 unspecified atom stereocenters. The molecule has 224 valence electrons. The van der Waals surface area contributed by atoms with Crippen molar-refractivity contribution in [3.8, 4) is 0 Å². The summed E-state index contributed by atoms with van der Waals surface area (Å²) in [7, 11) is 1.94. The molecule has 0 aromatic heterocycles. The lowest BCUT2D eigenvalue weighted by molar-refractivity contribution is 0.286. The Balaban J connectivity index is 0.00000117. The molecule has 0 bridgehead atoms. The largest absolute Gasteiger partial charge is 0.388 e. The standard InChI is InChI=1S/C27H38N2.C9H18.C2H6/c1-8-19(2)25(17-21(4)24-13-15-26(28-7)16-14-24)18-22(5)29-23(6)27-12-10-9-11-20(27)3;1-4-6-7-8-9(3)5-2;1-2/h8,13-18,20,27-29H,5-6,9-12H2,1-4,7H3;5,9H,2,4,6-8H2,1,3H3;1-2H3/b19-8-,21-17+,25-18-;;. The molecule has 0 heterocycles. The molecule has 1 saturated carbocycles. The van der Waals surface area contributed by atoms with E-state index >= 15 is 0 Å². The number of hydrogen-bond acceptors (Lipinski definition) is 2. The molecule has 0 spiro atoms. The molecule has 1 aliphatic rings. The Labute approximate surface area is 249 Å². The number of anilines is 1. The van der Waals surface area contributed by atoms with Crippen LogP contribution in [0.1, 0.15) is 112 Å². The van der Waals surface area contributed by atoms with Gasteiger partial charge in [0.2, 0.25) is 0 Å². The number of benzene rings is 1. The van der Waals surface area contributed by atoms with E-state index in [0.717, 1.165) is 23.0 Å². The van der Waals surface area contributed by atoms with Gasteiger partial charge >= 0.3 is 0 Å². The summed E-state index contributed by atoms with van der Waals surface area (Å²) < 4.78 is 0. The number of nitrogens with one attached hydrogen (secondary N) is 2. The third kappa shape index (κ3) is 14.6. The Morgan fingerprint density at radius 2 is 1.65 bits per heavy atom. The van der Waals surface area contributed by atoms with Crippen LogP contribution in [-0.4, -0.2) is 7.05 Å². The zero-order valence-corrected chi connectivity index (χ0v) is 27.6. The fourth-order valence-corrected chi connectivity index (χ4v) is 4.84. The van der Waals surface area contributed by atoms with Crippen LogP contribution in [0.15, 0.2) is 90.8 Å². The van der Waals surface area contributed by atoms with Crippen molar-refractivity contribution in [1.29, 1.82) is 0 Å². The van der Waals surface area contributed by atoms with Gasteiger partial charge in [-0.05, 0) is 85.9 Å². The molecule has 1 aliphatic carbocycles. The van der Waals surface area contributed by atoms with E-state index < -0.39 is 0 Å². The van der Waals surface area contributed by atoms with Gasteiger partial charge in [0.05, 0.1) is 0 Å². The predicted molar refractivity (Wildman–Crippen MR) is 185 cm³/mol. The highest BCUT2D eigenvalue weighted by molar-refractivity contribution is 5.70. The maximum atomic E-state index is 4.33. The van der Waals surface area contributed by atoms with Crippen molar-refractivity contribution in [2.45, 2.75) is 107 Å². The minimum Gasteiger partial charge on any atom is -0.388 e. The summed E-state index contributed by atoms with van der Waals surface area (Å²) in [6.07, 6.45) is 19.1. The first kappa shape index (κ1) is 37.3. The Kier molecular flexibility index (Phi) is 20.5. The molecule has 0 radical (unpaired) electrons. The van der Waals surface area contributed by atoms with Crippen LogP contribution in [0, 0.1) is 17.8 Å². The second-order valence-electron chi connectivity index (χ2n) is 11.0. The summed E-state index contributed by atoms with van der Waals surface area (Å²) in [5, 5.41) is 6.65. The molecular weight excluding hydrogens is 484 g/mol. The van der Waals surface area contributed by atoms with Crippen molar-refractivity contribution in [1.82, 2.24) is 5.32 Å². The van der Waals surface area contributed by atoms with Crippen LogP contribution >= 0.6 is 0 Å². The number of allylic oxidation sites excluding steroid dienone is 8. The van der Waals surface area contributed by atoms with Crippen LogP contribution in [0.5, 0.6) is 0 Å². The molecule has 1 fully saturated rings. The third-order valence-electron chi connectivity index (χ3n) is 7.76. The molecule has 1 aromatic carbocycles. The minimum absolute atomic E-state index is 0.545. The first-order chi connectivity index (χ1) is 19.2. The smallest absolute Gasteiger partial charge is 0.0337 e. The van der Waals surface area contributed by atoms with Crippen LogP contribution < -0.4 is 10.6 Å². The molecule has 2 nitrogen and oxygen atoms in total.